The number of hydrogen-bond donors (Lipinski definition) is 0. The Morgan fingerprint density at radius 3 is 2.78 bits per heavy atom. The van der Waals surface area contributed by atoms with Crippen LogP contribution in [0.1, 0.15) is 28.7 Å². The molecule has 0 saturated heterocycles. The zero-order chi connectivity index (χ0) is 18.8. The van der Waals surface area contributed by atoms with Crippen LogP contribution in [0.15, 0.2) is 54.9 Å². The Morgan fingerprint density at radius 1 is 1.19 bits per heavy atom. The van der Waals surface area contributed by atoms with Crippen LogP contribution in [-0.2, 0) is 13.1 Å². The van der Waals surface area contributed by atoms with Crippen molar-refractivity contribution in [1.82, 2.24) is 19.7 Å². The van der Waals surface area contributed by atoms with E-state index in [-0.39, 0.29) is 5.91 Å². The summed E-state index contributed by atoms with van der Waals surface area (Å²) in [6.07, 6.45) is 3.54. The monoisotopic (exact) mass is 377 g/mol. The molecule has 27 heavy (non-hydrogen) atoms. The van der Waals surface area contributed by atoms with Gasteiger partial charge in [-0.2, -0.15) is 5.10 Å². The maximum atomic E-state index is 13.2. The van der Waals surface area contributed by atoms with Crippen LogP contribution in [0.25, 0.3) is 10.2 Å². The van der Waals surface area contributed by atoms with E-state index in [2.05, 4.69) is 10.1 Å². The van der Waals surface area contributed by atoms with Crippen molar-refractivity contribution in [1.29, 1.82) is 0 Å². The average molecular weight is 377 g/mol. The molecule has 0 radical (unpaired) electrons. The standard InChI is InChI=1S/C20H19N5OS/c1-3-24-12-10-16(23-24)19(26)25(13-15-8-4-5-11-21-15)20-22-18-14(2)7-6-9-17(18)27-20/h4-12H,3,13H2,1-2H3. The minimum Gasteiger partial charge on any atom is -0.276 e. The summed E-state index contributed by atoms with van der Waals surface area (Å²) in [5, 5.41) is 5.02. The van der Waals surface area contributed by atoms with Gasteiger partial charge in [0, 0.05) is 18.9 Å². The summed E-state index contributed by atoms with van der Waals surface area (Å²) < 4.78 is 2.80. The van der Waals surface area contributed by atoms with E-state index in [1.54, 1.807) is 21.8 Å². The number of rotatable bonds is 5. The molecule has 3 aromatic heterocycles. The van der Waals surface area contributed by atoms with Crippen molar-refractivity contribution in [2.45, 2.75) is 26.9 Å². The van der Waals surface area contributed by atoms with Crippen molar-refractivity contribution in [3.8, 4) is 0 Å². The van der Waals surface area contributed by atoms with Gasteiger partial charge in [-0.3, -0.25) is 19.4 Å². The van der Waals surface area contributed by atoms with Gasteiger partial charge in [0.1, 0.15) is 0 Å². The van der Waals surface area contributed by atoms with E-state index in [4.69, 9.17) is 4.98 Å². The van der Waals surface area contributed by atoms with E-state index >= 15 is 0 Å². The van der Waals surface area contributed by atoms with Crippen LogP contribution >= 0.6 is 11.3 Å². The number of carbonyl (C=O) groups is 1. The molecule has 0 aliphatic rings. The fourth-order valence-corrected chi connectivity index (χ4v) is 3.90. The second kappa shape index (κ2) is 7.28. The smallest absolute Gasteiger partial charge is 0.276 e. The molecule has 0 saturated carbocycles. The number of aromatic nitrogens is 4. The number of aryl methyl sites for hydroxylation is 2. The Kier molecular flexibility index (Phi) is 4.68. The summed E-state index contributed by atoms with van der Waals surface area (Å²) >= 11 is 1.51. The lowest BCUT2D eigenvalue weighted by molar-refractivity contribution is 0.0979. The Labute approximate surface area is 161 Å². The van der Waals surface area contributed by atoms with Crippen molar-refractivity contribution in [3.63, 3.8) is 0 Å². The van der Waals surface area contributed by atoms with E-state index in [0.29, 0.717) is 23.9 Å². The molecule has 0 aliphatic carbocycles. The lowest BCUT2D eigenvalue weighted by atomic mass is 10.2. The van der Waals surface area contributed by atoms with E-state index in [1.807, 2.05) is 56.4 Å². The largest absolute Gasteiger partial charge is 0.280 e. The Bertz CT molecular complexity index is 1090. The molecule has 7 heteroatoms. The summed E-state index contributed by atoms with van der Waals surface area (Å²) in [6.45, 7) is 5.08. The average Bonchev–Trinajstić information content (AvgIpc) is 3.34. The van der Waals surface area contributed by atoms with Crippen LogP contribution in [0.3, 0.4) is 0 Å². The molecular weight excluding hydrogens is 358 g/mol. The van der Waals surface area contributed by atoms with Crippen LogP contribution in [0.2, 0.25) is 0 Å². The zero-order valence-electron chi connectivity index (χ0n) is 15.2. The van der Waals surface area contributed by atoms with Gasteiger partial charge in [-0.05, 0) is 43.7 Å². The van der Waals surface area contributed by atoms with Crippen LogP contribution in [-0.4, -0.2) is 25.7 Å². The first-order valence-electron chi connectivity index (χ1n) is 8.77. The number of amides is 1. The maximum Gasteiger partial charge on any atom is 0.280 e. The van der Waals surface area contributed by atoms with Gasteiger partial charge in [-0.15, -0.1) is 0 Å². The number of benzene rings is 1. The Balaban J connectivity index is 1.76. The van der Waals surface area contributed by atoms with E-state index in [0.717, 1.165) is 21.5 Å². The number of hydrogen-bond acceptors (Lipinski definition) is 5. The molecule has 4 rings (SSSR count). The molecule has 1 aromatic carbocycles. The highest BCUT2D eigenvalue weighted by Gasteiger charge is 2.24. The zero-order valence-corrected chi connectivity index (χ0v) is 16.0. The van der Waals surface area contributed by atoms with Crippen molar-refractivity contribution >= 4 is 32.6 Å². The molecule has 4 aromatic rings. The van der Waals surface area contributed by atoms with E-state index in [1.165, 1.54) is 11.3 Å². The third kappa shape index (κ3) is 3.46. The first kappa shape index (κ1) is 17.4. The third-order valence-electron chi connectivity index (χ3n) is 4.32. The van der Waals surface area contributed by atoms with Crippen LogP contribution in [0.4, 0.5) is 5.13 Å². The predicted molar refractivity (Wildman–Crippen MR) is 107 cm³/mol. The number of fused-ring (bicyclic) bond motifs is 1. The van der Waals surface area contributed by atoms with Crippen molar-refractivity contribution < 1.29 is 4.79 Å². The molecule has 0 bridgehead atoms. The minimum atomic E-state index is -0.176. The molecular formula is C20H19N5OS. The molecule has 136 valence electrons. The van der Waals surface area contributed by atoms with Crippen LogP contribution in [0.5, 0.6) is 0 Å². The second-order valence-corrected chi connectivity index (χ2v) is 7.20. The summed E-state index contributed by atoms with van der Waals surface area (Å²) in [5.74, 6) is -0.176. The molecule has 6 nitrogen and oxygen atoms in total. The maximum absolute atomic E-state index is 13.2. The Hall–Kier alpha value is -3.06. The minimum absolute atomic E-state index is 0.176. The van der Waals surface area contributed by atoms with E-state index < -0.39 is 0 Å². The second-order valence-electron chi connectivity index (χ2n) is 6.19. The molecule has 0 spiro atoms. The molecule has 0 atom stereocenters. The number of anilines is 1. The topological polar surface area (TPSA) is 63.9 Å². The number of thiazole rings is 1. The van der Waals surface area contributed by atoms with E-state index in [9.17, 15) is 4.79 Å². The number of pyridine rings is 1. The fraction of sp³-hybridized carbons (Fsp3) is 0.200. The third-order valence-corrected chi connectivity index (χ3v) is 5.36. The molecule has 0 N–H and O–H groups in total. The molecule has 0 fully saturated rings. The van der Waals surface area contributed by atoms with Gasteiger partial charge in [0.15, 0.2) is 10.8 Å². The lowest BCUT2D eigenvalue weighted by Crippen LogP contribution is -2.31. The summed E-state index contributed by atoms with van der Waals surface area (Å²) in [7, 11) is 0. The molecule has 0 aliphatic heterocycles. The van der Waals surface area contributed by atoms with Gasteiger partial charge < -0.3 is 0 Å². The highest BCUT2D eigenvalue weighted by atomic mass is 32.1. The van der Waals surface area contributed by atoms with Crippen molar-refractivity contribution in [3.05, 3.63) is 71.8 Å². The summed E-state index contributed by atoms with van der Waals surface area (Å²) in [4.78, 5) is 24.0. The van der Waals surface area contributed by atoms with Crippen molar-refractivity contribution in [2.24, 2.45) is 0 Å². The molecule has 0 unspecified atom stereocenters. The highest BCUT2D eigenvalue weighted by molar-refractivity contribution is 7.22. The molecule has 1 amide bonds. The molecule has 3 heterocycles. The predicted octanol–water partition coefficient (Wildman–Crippen LogP) is 4.06. The van der Waals surface area contributed by atoms with Gasteiger partial charge in [0.05, 0.1) is 22.5 Å². The van der Waals surface area contributed by atoms with Gasteiger partial charge in [-0.1, -0.05) is 29.5 Å². The van der Waals surface area contributed by atoms with Gasteiger partial charge in [0.2, 0.25) is 0 Å². The van der Waals surface area contributed by atoms with Gasteiger partial charge in [0.25, 0.3) is 5.91 Å². The SMILES string of the molecule is CCn1ccc(C(=O)N(Cc2ccccn2)c2nc3c(C)cccc3s2)n1. The lowest BCUT2D eigenvalue weighted by Gasteiger charge is -2.18. The normalized spacial score (nSPS) is 11.0. The van der Waals surface area contributed by atoms with Gasteiger partial charge >= 0.3 is 0 Å². The van der Waals surface area contributed by atoms with Gasteiger partial charge in [-0.25, -0.2) is 4.98 Å². The Morgan fingerprint density at radius 2 is 2.07 bits per heavy atom. The summed E-state index contributed by atoms with van der Waals surface area (Å²) in [5.41, 5.74) is 3.23. The fourth-order valence-electron chi connectivity index (χ4n) is 2.86. The number of nitrogens with zero attached hydrogens (tertiary/aromatic N) is 5. The van der Waals surface area contributed by atoms with Crippen molar-refractivity contribution in [2.75, 3.05) is 4.90 Å². The highest BCUT2D eigenvalue weighted by Crippen LogP contribution is 2.32. The number of carbonyl (C=O) groups excluding carboxylic acids is 1. The number of para-hydroxylation sites is 1. The quantitative estimate of drug-likeness (QED) is 0.526. The van der Waals surface area contributed by atoms with Crippen LogP contribution < -0.4 is 4.90 Å². The first-order chi connectivity index (χ1) is 13.2. The first-order valence-corrected chi connectivity index (χ1v) is 9.58. The van der Waals surface area contributed by atoms with Crippen LogP contribution in [0, 0.1) is 6.92 Å². The summed E-state index contributed by atoms with van der Waals surface area (Å²) in [6, 6.07) is 13.5.